The lowest BCUT2D eigenvalue weighted by Crippen LogP contribution is -2.25. The standard InChI is InChI=1S/C12H8ClF3N2O2/c13-7-1-2-9(10(5-7)12(14,15)16)11(19)17-6-8-3-4-18-20-8/h1-5H,6H2,(H,17,19). The first kappa shape index (κ1) is 14.4. The lowest BCUT2D eigenvalue weighted by atomic mass is 10.1. The zero-order valence-corrected chi connectivity index (χ0v) is 10.6. The maximum Gasteiger partial charge on any atom is 0.417 e. The summed E-state index contributed by atoms with van der Waals surface area (Å²) >= 11 is 5.53. The second kappa shape index (κ2) is 5.54. The molecule has 0 spiro atoms. The molecule has 2 aromatic rings. The number of hydrogen-bond acceptors (Lipinski definition) is 3. The van der Waals surface area contributed by atoms with Gasteiger partial charge in [0.1, 0.15) is 0 Å². The van der Waals surface area contributed by atoms with Gasteiger partial charge in [-0.1, -0.05) is 16.8 Å². The highest BCUT2D eigenvalue weighted by Gasteiger charge is 2.35. The van der Waals surface area contributed by atoms with Crippen LogP contribution in [-0.4, -0.2) is 11.1 Å². The molecule has 1 amide bonds. The average molecular weight is 305 g/mol. The van der Waals surface area contributed by atoms with Crippen molar-refractivity contribution in [3.8, 4) is 0 Å². The van der Waals surface area contributed by atoms with Crippen molar-refractivity contribution in [2.24, 2.45) is 0 Å². The second-order valence-corrected chi connectivity index (χ2v) is 4.29. The van der Waals surface area contributed by atoms with Crippen molar-refractivity contribution in [3.63, 3.8) is 0 Å². The van der Waals surface area contributed by atoms with Gasteiger partial charge in [-0.2, -0.15) is 13.2 Å². The molecule has 20 heavy (non-hydrogen) atoms. The number of nitrogens with zero attached hydrogens (tertiary/aromatic N) is 1. The number of nitrogens with one attached hydrogen (secondary N) is 1. The smallest absolute Gasteiger partial charge is 0.360 e. The van der Waals surface area contributed by atoms with Crippen LogP contribution in [0.1, 0.15) is 21.7 Å². The van der Waals surface area contributed by atoms with Gasteiger partial charge >= 0.3 is 6.18 Å². The molecule has 106 valence electrons. The summed E-state index contributed by atoms with van der Waals surface area (Å²) in [4.78, 5) is 11.8. The monoisotopic (exact) mass is 304 g/mol. The number of benzene rings is 1. The normalized spacial score (nSPS) is 11.4. The van der Waals surface area contributed by atoms with E-state index in [9.17, 15) is 18.0 Å². The highest BCUT2D eigenvalue weighted by atomic mass is 35.5. The van der Waals surface area contributed by atoms with E-state index >= 15 is 0 Å². The molecule has 2 rings (SSSR count). The van der Waals surface area contributed by atoms with Crippen LogP contribution in [0, 0.1) is 0 Å². The molecule has 0 fully saturated rings. The summed E-state index contributed by atoms with van der Waals surface area (Å²) in [6.07, 6.45) is -3.30. The minimum Gasteiger partial charge on any atom is -0.360 e. The first-order valence-electron chi connectivity index (χ1n) is 5.42. The zero-order valence-electron chi connectivity index (χ0n) is 9.87. The largest absolute Gasteiger partial charge is 0.417 e. The Kier molecular flexibility index (Phi) is 3.99. The Morgan fingerprint density at radius 3 is 2.70 bits per heavy atom. The zero-order chi connectivity index (χ0) is 14.8. The van der Waals surface area contributed by atoms with Crippen molar-refractivity contribution in [2.45, 2.75) is 12.7 Å². The summed E-state index contributed by atoms with van der Waals surface area (Å²) in [5, 5.41) is 5.64. The lowest BCUT2D eigenvalue weighted by Gasteiger charge is -2.12. The summed E-state index contributed by atoms with van der Waals surface area (Å²) in [6.45, 7) is -0.0568. The van der Waals surface area contributed by atoms with Crippen molar-refractivity contribution in [3.05, 3.63) is 52.4 Å². The van der Waals surface area contributed by atoms with Gasteiger partial charge < -0.3 is 9.84 Å². The molecule has 0 aliphatic carbocycles. The minimum atomic E-state index is -4.66. The Morgan fingerprint density at radius 1 is 1.35 bits per heavy atom. The fourth-order valence-corrected chi connectivity index (χ4v) is 1.72. The highest BCUT2D eigenvalue weighted by Crippen LogP contribution is 2.33. The van der Waals surface area contributed by atoms with Crippen molar-refractivity contribution in [1.82, 2.24) is 10.5 Å². The highest BCUT2D eigenvalue weighted by molar-refractivity contribution is 6.30. The third-order valence-corrected chi connectivity index (χ3v) is 2.68. The van der Waals surface area contributed by atoms with E-state index < -0.39 is 23.2 Å². The van der Waals surface area contributed by atoms with Crippen molar-refractivity contribution < 1.29 is 22.5 Å². The average Bonchev–Trinajstić information content (AvgIpc) is 2.88. The Labute approximate surface area is 116 Å². The molecule has 0 bridgehead atoms. The topological polar surface area (TPSA) is 55.1 Å². The van der Waals surface area contributed by atoms with Crippen LogP contribution in [0.15, 0.2) is 35.0 Å². The van der Waals surface area contributed by atoms with Crippen molar-refractivity contribution in [2.75, 3.05) is 0 Å². The van der Waals surface area contributed by atoms with Gasteiger partial charge in [0.15, 0.2) is 5.76 Å². The number of amides is 1. The maximum atomic E-state index is 12.8. The van der Waals surface area contributed by atoms with E-state index in [0.717, 1.165) is 6.07 Å². The molecule has 1 aromatic carbocycles. The predicted octanol–water partition coefficient (Wildman–Crippen LogP) is 3.28. The molecular formula is C12H8ClF3N2O2. The van der Waals surface area contributed by atoms with Crippen LogP contribution in [0.25, 0.3) is 0 Å². The maximum absolute atomic E-state index is 12.8. The summed E-state index contributed by atoms with van der Waals surface area (Å²) < 4.78 is 43.2. The summed E-state index contributed by atoms with van der Waals surface area (Å²) in [5.74, 6) is -0.536. The number of rotatable bonds is 3. The molecule has 0 atom stereocenters. The third kappa shape index (κ3) is 3.30. The Bertz CT molecular complexity index is 612. The molecule has 1 heterocycles. The number of halogens is 4. The van der Waals surface area contributed by atoms with Crippen molar-refractivity contribution in [1.29, 1.82) is 0 Å². The predicted molar refractivity (Wildman–Crippen MR) is 64.1 cm³/mol. The van der Waals surface area contributed by atoms with Gasteiger partial charge in [-0.3, -0.25) is 4.79 Å². The Hall–Kier alpha value is -2.02. The van der Waals surface area contributed by atoms with Crippen LogP contribution in [0.5, 0.6) is 0 Å². The van der Waals surface area contributed by atoms with Gasteiger partial charge in [0, 0.05) is 11.1 Å². The number of aromatic nitrogens is 1. The van der Waals surface area contributed by atoms with Crippen LogP contribution < -0.4 is 5.32 Å². The van der Waals surface area contributed by atoms with E-state index in [1.165, 1.54) is 18.3 Å². The van der Waals surface area contributed by atoms with E-state index in [0.29, 0.717) is 11.8 Å². The van der Waals surface area contributed by atoms with Gasteiger partial charge in [0.25, 0.3) is 5.91 Å². The van der Waals surface area contributed by atoms with Crippen LogP contribution in [-0.2, 0) is 12.7 Å². The van der Waals surface area contributed by atoms with Crippen molar-refractivity contribution >= 4 is 17.5 Å². The second-order valence-electron chi connectivity index (χ2n) is 3.85. The van der Waals surface area contributed by atoms with Gasteiger partial charge in [-0.25, -0.2) is 0 Å². The first-order chi connectivity index (χ1) is 9.38. The fourth-order valence-electron chi connectivity index (χ4n) is 1.54. The SMILES string of the molecule is O=C(NCc1ccno1)c1ccc(Cl)cc1C(F)(F)F. The van der Waals surface area contributed by atoms with E-state index in [1.807, 2.05) is 0 Å². The molecule has 0 aliphatic heterocycles. The molecule has 8 heteroatoms. The van der Waals surface area contributed by atoms with Crippen LogP contribution >= 0.6 is 11.6 Å². The first-order valence-corrected chi connectivity index (χ1v) is 5.80. The third-order valence-electron chi connectivity index (χ3n) is 2.45. The van der Waals surface area contributed by atoms with Gasteiger partial charge in [-0.05, 0) is 18.2 Å². The lowest BCUT2D eigenvalue weighted by molar-refractivity contribution is -0.137. The summed E-state index contributed by atoms with van der Waals surface area (Å²) in [7, 11) is 0. The van der Waals surface area contributed by atoms with E-state index in [1.54, 1.807) is 0 Å². The number of carbonyl (C=O) groups excluding carboxylic acids is 1. The molecule has 4 nitrogen and oxygen atoms in total. The molecular weight excluding hydrogens is 297 g/mol. The van der Waals surface area contributed by atoms with Gasteiger partial charge in [0.05, 0.1) is 23.9 Å². The minimum absolute atomic E-state index is 0.0568. The molecule has 0 unspecified atom stereocenters. The number of alkyl halides is 3. The van der Waals surface area contributed by atoms with Crippen LogP contribution in [0.2, 0.25) is 5.02 Å². The molecule has 1 aromatic heterocycles. The van der Waals surface area contributed by atoms with Crippen LogP contribution in [0.3, 0.4) is 0 Å². The summed E-state index contributed by atoms with van der Waals surface area (Å²) in [6, 6.07) is 4.46. The molecule has 0 saturated heterocycles. The fraction of sp³-hybridized carbons (Fsp3) is 0.167. The molecule has 0 saturated carbocycles. The Morgan fingerprint density at radius 2 is 2.10 bits per heavy atom. The number of carbonyl (C=O) groups is 1. The summed E-state index contributed by atoms with van der Waals surface area (Å²) in [5.41, 5.74) is -1.58. The van der Waals surface area contributed by atoms with Crippen LogP contribution in [0.4, 0.5) is 13.2 Å². The molecule has 0 radical (unpaired) electrons. The van der Waals surface area contributed by atoms with E-state index in [2.05, 4.69) is 10.5 Å². The van der Waals surface area contributed by atoms with Gasteiger partial charge in [0.2, 0.25) is 0 Å². The van der Waals surface area contributed by atoms with E-state index in [-0.39, 0.29) is 11.6 Å². The van der Waals surface area contributed by atoms with E-state index in [4.69, 9.17) is 16.1 Å². The van der Waals surface area contributed by atoms with Gasteiger partial charge in [-0.15, -0.1) is 0 Å². The Balaban J connectivity index is 2.21. The molecule has 0 aliphatic rings. The molecule has 1 N–H and O–H groups in total. The number of hydrogen-bond donors (Lipinski definition) is 1. The quantitative estimate of drug-likeness (QED) is 0.947.